The van der Waals surface area contributed by atoms with Crippen molar-refractivity contribution in [2.45, 2.75) is 32.4 Å². The van der Waals surface area contributed by atoms with Crippen LogP contribution < -0.4 is 15.4 Å². The van der Waals surface area contributed by atoms with Gasteiger partial charge < -0.3 is 15.4 Å². The molecule has 1 aromatic carbocycles. The fourth-order valence-corrected chi connectivity index (χ4v) is 3.06. The molecule has 1 unspecified atom stereocenters. The lowest BCUT2D eigenvalue weighted by atomic mass is 10.0. The molecular formula is C18H20F2N2O3S. The summed E-state index contributed by atoms with van der Waals surface area (Å²) in [6, 6.07) is 9.40. The molecule has 140 valence electrons. The number of carbonyl (C=O) groups excluding carboxylic acids is 2. The summed E-state index contributed by atoms with van der Waals surface area (Å²) in [6.45, 7) is -0.909. The smallest absolute Gasteiger partial charge is 0.387 e. The van der Waals surface area contributed by atoms with Crippen molar-refractivity contribution in [3.05, 3.63) is 52.2 Å². The first-order chi connectivity index (χ1) is 12.5. The van der Waals surface area contributed by atoms with Crippen LogP contribution in [0.5, 0.6) is 5.75 Å². The van der Waals surface area contributed by atoms with Crippen molar-refractivity contribution < 1.29 is 23.1 Å². The van der Waals surface area contributed by atoms with E-state index >= 15 is 0 Å². The highest BCUT2D eigenvalue weighted by molar-refractivity contribution is 7.12. The third-order valence-electron chi connectivity index (χ3n) is 3.64. The van der Waals surface area contributed by atoms with Crippen molar-refractivity contribution in [2.75, 3.05) is 6.54 Å². The molecule has 0 bridgehead atoms. The molecule has 0 saturated carbocycles. The summed E-state index contributed by atoms with van der Waals surface area (Å²) in [5, 5.41) is 7.26. The number of nitrogens with one attached hydrogen (secondary N) is 2. The van der Waals surface area contributed by atoms with E-state index in [4.69, 9.17) is 0 Å². The maximum absolute atomic E-state index is 12.5. The Bertz CT molecular complexity index is 723. The standard InChI is InChI=1S/C18H20F2N2O3S/c1-2-13(12-6-3-4-7-14(12)25-18(19)20)22-16(23)9-10-21-17(24)15-8-5-11-26-15/h3-8,11,13,18H,2,9-10H2,1H3,(H,21,24)(H,22,23). The summed E-state index contributed by atoms with van der Waals surface area (Å²) in [5.41, 5.74) is 0.492. The number of benzene rings is 1. The van der Waals surface area contributed by atoms with Crippen LogP contribution in [0.2, 0.25) is 0 Å². The Morgan fingerprint density at radius 1 is 1.19 bits per heavy atom. The Morgan fingerprint density at radius 2 is 1.96 bits per heavy atom. The largest absolute Gasteiger partial charge is 0.434 e. The number of carbonyl (C=O) groups is 2. The molecule has 2 amide bonds. The fraction of sp³-hybridized carbons (Fsp3) is 0.333. The Kier molecular flexibility index (Phi) is 7.53. The molecule has 0 spiro atoms. The molecule has 0 aliphatic carbocycles. The number of amides is 2. The van der Waals surface area contributed by atoms with Crippen molar-refractivity contribution in [1.29, 1.82) is 0 Å². The molecule has 1 heterocycles. The number of thiophene rings is 1. The topological polar surface area (TPSA) is 67.4 Å². The van der Waals surface area contributed by atoms with Gasteiger partial charge in [0.1, 0.15) is 5.75 Å². The monoisotopic (exact) mass is 382 g/mol. The molecule has 8 heteroatoms. The van der Waals surface area contributed by atoms with Gasteiger partial charge in [0.15, 0.2) is 0 Å². The zero-order chi connectivity index (χ0) is 18.9. The zero-order valence-electron chi connectivity index (χ0n) is 14.2. The highest BCUT2D eigenvalue weighted by Gasteiger charge is 2.18. The second-order valence-corrected chi connectivity index (χ2v) is 6.38. The van der Waals surface area contributed by atoms with Gasteiger partial charge in [-0.3, -0.25) is 9.59 Å². The van der Waals surface area contributed by atoms with Crippen LogP contribution in [-0.2, 0) is 4.79 Å². The van der Waals surface area contributed by atoms with Crippen LogP contribution in [0.15, 0.2) is 41.8 Å². The van der Waals surface area contributed by atoms with Crippen LogP contribution in [0.1, 0.15) is 41.0 Å². The van der Waals surface area contributed by atoms with Crippen LogP contribution in [0, 0.1) is 0 Å². The first-order valence-electron chi connectivity index (χ1n) is 8.16. The summed E-state index contributed by atoms with van der Waals surface area (Å²) < 4.78 is 29.6. The summed E-state index contributed by atoms with van der Waals surface area (Å²) in [6.07, 6.45) is 0.600. The van der Waals surface area contributed by atoms with Gasteiger partial charge in [-0.05, 0) is 23.9 Å². The molecule has 1 atom stereocenters. The minimum absolute atomic E-state index is 0.0423. The molecule has 2 N–H and O–H groups in total. The Balaban J connectivity index is 1.89. The maximum Gasteiger partial charge on any atom is 0.387 e. The number of ether oxygens (including phenoxy) is 1. The van der Waals surface area contributed by atoms with E-state index in [9.17, 15) is 18.4 Å². The maximum atomic E-state index is 12.5. The van der Waals surface area contributed by atoms with Crippen molar-refractivity contribution in [3.8, 4) is 5.75 Å². The van der Waals surface area contributed by atoms with Crippen LogP contribution in [0.3, 0.4) is 0 Å². The molecular weight excluding hydrogens is 362 g/mol. The van der Waals surface area contributed by atoms with Gasteiger partial charge in [0.2, 0.25) is 5.91 Å². The summed E-state index contributed by atoms with van der Waals surface area (Å²) in [7, 11) is 0. The highest BCUT2D eigenvalue weighted by atomic mass is 32.1. The lowest BCUT2D eigenvalue weighted by molar-refractivity contribution is -0.121. The second-order valence-electron chi connectivity index (χ2n) is 5.43. The average Bonchev–Trinajstić information content (AvgIpc) is 3.14. The molecule has 1 aromatic heterocycles. The molecule has 0 aliphatic heterocycles. The number of hydrogen-bond acceptors (Lipinski definition) is 4. The average molecular weight is 382 g/mol. The number of hydrogen-bond donors (Lipinski definition) is 2. The predicted molar refractivity (Wildman–Crippen MR) is 95.5 cm³/mol. The normalized spacial score (nSPS) is 11.8. The quantitative estimate of drug-likeness (QED) is 0.694. The van der Waals surface area contributed by atoms with Crippen molar-refractivity contribution >= 4 is 23.2 Å². The molecule has 0 radical (unpaired) electrons. The van der Waals surface area contributed by atoms with E-state index in [1.807, 2.05) is 6.92 Å². The predicted octanol–water partition coefficient (Wildman–Crippen LogP) is 3.74. The zero-order valence-corrected chi connectivity index (χ0v) is 15.0. The van der Waals surface area contributed by atoms with E-state index in [2.05, 4.69) is 15.4 Å². The van der Waals surface area contributed by atoms with Crippen LogP contribution in [-0.4, -0.2) is 25.0 Å². The third kappa shape index (κ3) is 5.80. The van der Waals surface area contributed by atoms with Gasteiger partial charge in [0.05, 0.1) is 10.9 Å². The van der Waals surface area contributed by atoms with E-state index in [1.54, 1.807) is 35.7 Å². The molecule has 0 fully saturated rings. The second kappa shape index (κ2) is 9.86. The first-order valence-corrected chi connectivity index (χ1v) is 9.04. The Morgan fingerprint density at radius 3 is 2.62 bits per heavy atom. The SMILES string of the molecule is CCC(NC(=O)CCNC(=O)c1cccs1)c1ccccc1OC(F)F. The molecule has 2 aromatic rings. The van der Waals surface area contributed by atoms with E-state index in [-0.39, 0.29) is 30.5 Å². The molecule has 26 heavy (non-hydrogen) atoms. The van der Waals surface area contributed by atoms with Crippen LogP contribution in [0.25, 0.3) is 0 Å². The summed E-state index contributed by atoms with van der Waals surface area (Å²) in [4.78, 5) is 24.5. The van der Waals surface area contributed by atoms with Crippen molar-refractivity contribution in [3.63, 3.8) is 0 Å². The molecule has 2 rings (SSSR count). The van der Waals surface area contributed by atoms with Gasteiger partial charge in [-0.1, -0.05) is 31.2 Å². The lowest BCUT2D eigenvalue weighted by Gasteiger charge is -2.20. The van der Waals surface area contributed by atoms with Crippen LogP contribution >= 0.6 is 11.3 Å². The van der Waals surface area contributed by atoms with Gasteiger partial charge in [-0.25, -0.2) is 0 Å². The van der Waals surface area contributed by atoms with E-state index in [0.717, 1.165) is 0 Å². The van der Waals surface area contributed by atoms with Crippen molar-refractivity contribution in [2.24, 2.45) is 0 Å². The van der Waals surface area contributed by atoms with Gasteiger partial charge in [0, 0.05) is 18.5 Å². The Labute approximate surface area is 154 Å². The van der Waals surface area contributed by atoms with Gasteiger partial charge in [-0.2, -0.15) is 8.78 Å². The van der Waals surface area contributed by atoms with Gasteiger partial charge in [0.25, 0.3) is 5.91 Å². The number of para-hydroxylation sites is 1. The van der Waals surface area contributed by atoms with E-state index in [0.29, 0.717) is 16.9 Å². The van der Waals surface area contributed by atoms with E-state index < -0.39 is 12.7 Å². The first kappa shape index (κ1) is 19.8. The number of alkyl halides is 2. The molecule has 0 aliphatic rings. The van der Waals surface area contributed by atoms with Gasteiger partial charge in [-0.15, -0.1) is 11.3 Å². The van der Waals surface area contributed by atoms with Crippen LogP contribution in [0.4, 0.5) is 8.78 Å². The fourth-order valence-electron chi connectivity index (χ4n) is 2.42. The lowest BCUT2D eigenvalue weighted by Crippen LogP contribution is -2.32. The number of halogens is 2. The minimum Gasteiger partial charge on any atom is -0.434 e. The Hall–Kier alpha value is -2.48. The van der Waals surface area contributed by atoms with Crippen molar-refractivity contribution in [1.82, 2.24) is 10.6 Å². The third-order valence-corrected chi connectivity index (χ3v) is 4.51. The molecule has 5 nitrogen and oxygen atoms in total. The summed E-state index contributed by atoms with van der Waals surface area (Å²) in [5.74, 6) is -0.466. The number of rotatable bonds is 9. The minimum atomic E-state index is -2.93. The highest BCUT2D eigenvalue weighted by Crippen LogP contribution is 2.28. The molecule has 0 saturated heterocycles. The van der Waals surface area contributed by atoms with E-state index in [1.165, 1.54) is 17.4 Å². The van der Waals surface area contributed by atoms with Gasteiger partial charge >= 0.3 is 6.61 Å². The summed E-state index contributed by atoms with van der Waals surface area (Å²) >= 11 is 1.32.